The van der Waals surface area contributed by atoms with E-state index in [1.165, 1.54) is 11.3 Å². The van der Waals surface area contributed by atoms with Gasteiger partial charge in [-0.1, -0.05) is 19.9 Å². The normalized spacial score (nSPS) is 22.6. The van der Waals surface area contributed by atoms with Gasteiger partial charge in [-0.3, -0.25) is 4.79 Å². The molecule has 0 radical (unpaired) electrons. The number of aryl methyl sites for hydroxylation is 1. The van der Waals surface area contributed by atoms with E-state index < -0.39 is 0 Å². The fourth-order valence-corrected chi connectivity index (χ4v) is 3.26. The maximum atomic E-state index is 11.8. The van der Waals surface area contributed by atoms with Gasteiger partial charge < -0.3 is 5.32 Å². The van der Waals surface area contributed by atoms with Gasteiger partial charge in [0, 0.05) is 17.3 Å². The van der Waals surface area contributed by atoms with Gasteiger partial charge in [-0.15, -0.1) is 11.3 Å². The maximum Gasteiger partial charge on any atom is 0.220 e. The summed E-state index contributed by atoms with van der Waals surface area (Å²) in [4.78, 5) is 13.1. The van der Waals surface area contributed by atoms with Crippen LogP contribution in [0, 0.1) is 5.41 Å². The van der Waals surface area contributed by atoms with Crippen LogP contribution in [0.3, 0.4) is 0 Å². The third kappa shape index (κ3) is 3.84. The van der Waals surface area contributed by atoms with E-state index in [2.05, 4.69) is 30.6 Å². The van der Waals surface area contributed by atoms with Gasteiger partial charge in [-0.25, -0.2) is 0 Å². The van der Waals surface area contributed by atoms with E-state index in [1.54, 1.807) is 11.3 Å². The van der Waals surface area contributed by atoms with Crippen molar-refractivity contribution in [3.63, 3.8) is 0 Å². The third-order valence-electron chi connectivity index (χ3n) is 3.51. The van der Waals surface area contributed by atoms with Crippen molar-refractivity contribution in [2.75, 3.05) is 0 Å². The van der Waals surface area contributed by atoms with Gasteiger partial charge in [-0.05, 0) is 42.5 Å². The van der Waals surface area contributed by atoms with Crippen molar-refractivity contribution in [2.24, 2.45) is 5.41 Å². The summed E-state index contributed by atoms with van der Waals surface area (Å²) < 4.78 is 0. The van der Waals surface area contributed by atoms with Crippen molar-refractivity contribution in [1.82, 2.24) is 5.32 Å². The number of hydrogen-bond acceptors (Lipinski definition) is 2. The predicted molar refractivity (Wildman–Crippen MR) is 72.2 cm³/mol. The Labute approximate surface area is 107 Å². The summed E-state index contributed by atoms with van der Waals surface area (Å²) in [5.41, 5.74) is 0.408. The lowest BCUT2D eigenvalue weighted by Gasteiger charge is -2.17. The molecule has 1 atom stereocenters. The molecule has 1 amide bonds. The van der Waals surface area contributed by atoms with Gasteiger partial charge in [-0.2, -0.15) is 0 Å². The van der Waals surface area contributed by atoms with Crippen molar-refractivity contribution in [2.45, 2.75) is 52.0 Å². The molecule has 1 aromatic rings. The second-order valence-electron chi connectivity index (χ2n) is 5.75. The van der Waals surface area contributed by atoms with Crippen LogP contribution in [0.2, 0.25) is 0 Å². The summed E-state index contributed by atoms with van der Waals surface area (Å²) >= 11 is 1.73. The Balaban J connectivity index is 1.71. The summed E-state index contributed by atoms with van der Waals surface area (Å²) in [5.74, 6) is 0.209. The third-order valence-corrected chi connectivity index (χ3v) is 4.45. The highest BCUT2D eigenvalue weighted by atomic mass is 32.1. The van der Waals surface area contributed by atoms with Crippen molar-refractivity contribution in [3.05, 3.63) is 22.4 Å². The molecule has 1 aromatic heterocycles. The lowest BCUT2D eigenvalue weighted by Crippen LogP contribution is -2.33. The lowest BCUT2D eigenvalue weighted by atomic mass is 9.92. The van der Waals surface area contributed by atoms with Crippen LogP contribution in [0.4, 0.5) is 0 Å². The molecule has 1 unspecified atom stereocenters. The standard InChI is InChI=1S/C14H21NOS/c1-14(2)8-7-11(10-14)15-13(16)6-5-12-4-3-9-17-12/h3-4,9,11H,5-8,10H2,1-2H3,(H,15,16). The Kier molecular flexibility index (Phi) is 3.87. The molecule has 2 rings (SSSR count). The molecule has 0 aromatic carbocycles. The minimum atomic E-state index is 0.209. The Morgan fingerprint density at radius 2 is 2.41 bits per heavy atom. The van der Waals surface area contributed by atoms with E-state index in [-0.39, 0.29) is 5.91 Å². The number of rotatable bonds is 4. The Bertz CT molecular complexity index is 370. The van der Waals surface area contributed by atoms with Gasteiger partial charge in [0.25, 0.3) is 0 Å². The molecule has 94 valence electrons. The van der Waals surface area contributed by atoms with E-state index >= 15 is 0 Å². The maximum absolute atomic E-state index is 11.8. The number of amides is 1. The quantitative estimate of drug-likeness (QED) is 0.873. The zero-order valence-corrected chi connectivity index (χ0v) is 11.5. The van der Waals surface area contributed by atoms with Crippen LogP contribution in [0.1, 0.15) is 44.4 Å². The van der Waals surface area contributed by atoms with Crippen LogP contribution in [-0.4, -0.2) is 11.9 Å². The molecule has 0 aliphatic heterocycles. The summed E-state index contributed by atoms with van der Waals surface area (Å²) in [6, 6.07) is 4.54. The van der Waals surface area contributed by atoms with Crippen LogP contribution in [0.15, 0.2) is 17.5 Å². The smallest absolute Gasteiger partial charge is 0.220 e. The molecule has 17 heavy (non-hydrogen) atoms. The fraction of sp³-hybridized carbons (Fsp3) is 0.643. The molecule has 0 saturated heterocycles. The van der Waals surface area contributed by atoms with Gasteiger partial charge in [0.15, 0.2) is 0 Å². The summed E-state index contributed by atoms with van der Waals surface area (Å²) in [6.45, 7) is 4.57. The Morgan fingerprint density at radius 3 is 3.00 bits per heavy atom. The number of carbonyl (C=O) groups excluding carboxylic acids is 1. The highest BCUT2D eigenvalue weighted by Crippen LogP contribution is 2.36. The molecule has 1 N–H and O–H groups in total. The van der Waals surface area contributed by atoms with Crippen LogP contribution in [0.25, 0.3) is 0 Å². The van der Waals surface area contributed by atoms with Crippen molar-refractivity contribution >= 4 is 17.2 Å². The largest absolute Gasteiger partial charge is 0.353 e. The van der Waals surface area contributed by atoms with Gasteiger partial charge in [0.2, 0.25) is 5.91 Å². The Hall–Kier alpha value is -0.830. The van der Waals surface area contributed by atoms with Gasteiger partial charge in [0.05, 0.1) is 0 Å². The predicted octanol–water partition coefficient (Wildman–Crippen LogP) is 3.38. The van der Waals surface area contributed by atoms with E-state index in [4.69, 9.17) is 0 Å². The van der Waals surface area contributed by atoms with E-state index in [0.717, 1.165) is 19.3 Å². The molecule has 2 nitrogen and oxygen atoms in total. The summed E-state index contributed by atoms with van der Waals surface area (Å²) in [5, 5.41) is 5.22. The van der Waals surface area contributed by atoms with Gasteiger partial charge >= 0.3 is 0 Å². The first kappa shape index (κ1) is 12.6. The van der Waals surface area contributed by atoms with Crippen LogP contribution in [0.5, 0.6) is 0 Å². The number of carbonyl (C=O) groups is 1. The van der Waals surface area contributed by atoms with Crippen LogP contribution < -0.4 is 5.32 Å². The highest BCUT2D eigenvalue weighted by Gasteiger charge is 2.31. The molecule has 1 heterocycles. The lowest BCUT2D eigenvalue weighted by molar-refractivity contribution is -0.121. The molecule has 3 heteroatoms. The van der Waals surface area contributed by atoms with Crippen molar-refractivity contribution in [3.8, 4) is 0 Å². The van der Waals surface area contributed by atoms with E-state index in [9.17, 15) is 4.79 Å². The summed E-state index contributed by atoms with van der Waals surface area (Å²) in [6.07, 6.45) is 4.98. The molecule has 1 aliphatic rings. The second-order valence-corrected chi connectivity index (χ2v) is 6.78. The average Bonchev–Trinajstić information content (AvgIpc) is 2.85. The monoisotopic (exact) mass is 251 g/mol. The minimum Gasteiger partial charge on any atom is -0.353 e. The molecular formula is C14H21NOS. The van der Waals surface area contributed by atoms with E-state index in [1.807, 2.05) is 6.07 Å². The first-order valence-corrected chi connectivity index (χ1v) is 7.25. The van der Waals surface area contributed by atoms with Crippen LogP contribution in [-0.2, 0) is 11.2 Å². The number of thiophene rings is 1. The van der Waals surface area contributed by atoms with Crippen molar-refractivity contribution in [1.29, 1.82) is 0 Å². The van der Waals surface area contributed by atoms with Gasteiger partial charge in [0.1, 0.15) is 0 Å². The molecule has 1 aliphatic carbocycles. The average molecular weight is 251 g/mol. The molecule has 1 saturated carbocycles. The first-order chi connectivity index (χ1) is 8.05. The molecular weight excluding hydrogens is 230 g/mol. The van der Waals surface area contributed by atoms with E-state index in [0.29, 0.717) is 17.9 Å². The zero-order chi connectivity index (χ0) is 12.3. The molecule has 1 fully saturated rings. The number of nitrogens with one attached hydrogen (secondary N) is 1. The van der Waals surface area contributed by atoms with Crippen LogP contribution >= 0.6 is 11.3 Å². The first-order valence-electron chi connectivity index (χ1n) is 6.37. The SMILES string of the molecule is CC1(C)CCC(NC(=O)CCc2cccs2)C1. The Morgan fingerprint density at radius 1 is 1.59 bits per heavy atom. The second kappa shape index (κ2) is 5.21. The summed E-state index contributed by atoms with van der Waals surface area (Å²) in [7, 11) is 0. The minimum absolute atomic E-state index is 0.209. The molecule has 0 spiro atoms. The molecule has 0 bridgehead atoms. The zero-order valence-electron chi connectivity index (χ0n) is 10.7. The van der Waals surface area contributed by atoms with Crippen molar-refractivity contribution < 1.29 is 4.79 Å². The highest BCUT2D eigenvalue weighted by molar-refractivity contribution is 7.09. The number of hydrogen-bond donors (Lipinski definition) is 1. The fourth-order valence-electron chi connectivity index (χ4n) is 2.55. The topological polar surface area (TPSA) is 29.1 Å².